The first kappa shape index (κ1) is 19.5. The van der Waals surface area contributed by atoms with Gasteiger partial charge in [0.1, 0.15) is 22.1 Å². The molecule has 2 atom stereocenters. The molecule has 3 rings (SSSR count). The second-order valence-corrected chi connectivity index (χ2v) is 9.06. The van der Waals surface area contributed by atoms with Gasteiger partial charge in [-0.25, -0.2) is 9.59 Å². The summed E-state index contributed by atoms with van der Waals surface area (Å²) in [6.07, 6.45) is 5.07. The molecule has 0 bridgehead atoms. The van der Waals surface area contributed by atoms with E-state index in [1.807, 2.05) is 6.92 Å². The Bertz CT molecular complexity index is 862. The van der Waals surface area contributed by atoms with E-state index in [9.17, 15) is 19.5 Å². The lowest BCUT2D eigenvalue weighted by Gasteiger charge is -2.49. The molecule has 1 saturated heterocycles. The molecule has 0 radical (unpaired) electrons. The number of β-lactam (4-membered cyclic amide) rings is 1. The number of carboxylic acid groups (broad SMARTS) is 1. The van der Waals surface area contributed by atoms with E-state index in [1.54, 1.807) is 0 Å². The molecular weight excluding hydrogens is 410 g/mol. The molecule has 3 N–H and O–H groups in total. The average Bonchev–Trinajstić information content (AvgIpc) is 3.06. The van der Waals surface area contributed by atoms with Gasteiger partial charge in [-0.2, -0.15) is 0 Å². The number of carbonyl (C=O) groups is 3. The number of hydrogen-bond donors (Lipinski definition) is 3. The number of urea groups is 1. The molecule has 2 aliphatic rings. The average molecular weight is 426 g/mol. The van der Waals surface area contributed by atoms with Gasteiger partial charge < -0.3 is 15.7 Å². The minimum absolute atomic E-state index is 0.0143. The smallest absolute Gasteiger partial charge is 0.352 e. The molecule has 9 nitrogen and oxygen atoms in total. The number of nitrogens with zero attached hydrogens (tertiary/aromatic N) is 3. The number of aryl methyl sites for hydroxylation is 1. The van der Waals surface area contributed by atoms with E-state index in [1.165, 1.54) is 39.8 Å². The highest BCUT2D eigenvalue weighted by Crippen LogP contribution is 2.41. The molecule has 0 aliphatic carbocycles. The van der Waals surface area contributed by atoms with Gasteiger partial charge in [-0.05, 0) is 12.5 Å². The zero-order valence-corrected chi connectivity index (χ0v) is 16.5. The predicted molar refractivity (Wildman–Crippen MR) is 102 cm³/mol. The van der Waals surface area contributed by atoms with Crippen LogP contribution in [0.25, 0.3) is 0 Å². The lowest BCUT2D eigenvalue weighted by Crippen LogP contribution is -2.71. The zero-order valence-electron chi connectivity index (χ0n) is 14.1. The quantitative estimate of drug-likeness (QED) is 0.342. The topological polar surface area (TPSA) is 125 Å². The fraction of sp³-hybridized carbons (Fsp3) is 0.400. The second-order valence-electron chi connectivity index (χ2n) is 5.55. The molecule has 12 heteroatoms. The minimum atomic E-state index is -1.16. The van der Waals surface area contributed by atoms with Gasteiger partial charge in [-0.3, -0.25) is 9.69 Å². The Labute approximate surface area is 167 Å². The second kappa shape index (κ2) is 8.20. The van der Waals surface area contributed by atoms with E-state index >= 15 is 0 Å². The molecule has 0 saturated carbocycles. The van der Waals surface area contributed by atoms with Crippen LogP contribution in [0, 0.1) is 19.3 Å². The highest BCUT2D eigenvalue weighted by atomic mass is 32.2. The number of carboxylic acids is 1. The molecule has 1 fully saturated rings. The van der Waals surface area contributed by atoms with Crippen molar-refractivity contribution >= 4 is 52.8 Å². The summed E-state index contributed by atoms with van der Waals surface area (Å²) in [5, 5.41) is 22.9. The van der Waals surface area contributed by atoms with Crippen LogP contribution in [0.15, 0.2) is 15.6 Å². The lowest BCUT2D eigenvalue weighted by atomic mass is 10.0. The van der Waals surface area contributed by atoms with Crippen LogP contribution in [-0.2, 0) is 9.59 Å². The van der Waals surface area contributed by atoms with Crippen molar-refractivity contribution in [2.45, 2.75) is 22.7 Å². The van der Waals surface area contributed by atoms with Gasteiger partial charge in [-0.1, -0.05) is 29.0 Å². The minimum Gasteiger partial charge on any atom is -0.477 e. The Morgan fingerprint density at radius 1 is 1.48 bits per heavy atom. The largest absolute Gasteiger partial charge is 0.477 e. The summed E-state index contributed by atoms with van der Waals surface area (Å²) >= 11 is 4.24. The normalized spacial score (nSPS) is 21.2. The molecule has 1 unspecified atom stereocenters. The van der Waals surface area contributed by atoms with Crippen LogP contribution >= 0.6 is 34.9 Å². The Balaban J connectivity index is 1.70. The van der Waals surface area contributed by atoms with E-state index < -0.39 is 29.3 Å². The van der Waals surface area contributed by atoms with Crippen molar-refractivity contribution in [1.29, 1.82) is 0 Å². The van der Waals surface area contributed by atoms with E-state index in [4.69, 9.17) is 6.42 Å². The number of terminal acetylenes is 1. The zero-order chi connectivity index (χ0) is 19.6. The molecule has 3 heterocycles. The summed E-state index contributed by atoms with van der Waals surface area (Å²) in [5.74, 6) is 1.51. The molecule has 1 aromatic heterocycles. The number of fused-ring (bicyclic) bond motifs is 1. The van der Waals surface area contributed by atoms with E-state index in [2.05, 4.69) is 26.8 Å². The predicted octanol–water partition coefficient (Wildman–Crippen LogP) is 0.493. The summed E-state index contributed by atoms with van der Waals surface area (Å²) in [4.78, 5) is 37.2. The summed E-state index contributed by atoms with van der Waals surface area (Å²) < 4.78 is 0.747. The van der Waals surface area contributed by atoms with Crippen LogP contribution in [0.5, 0.6) is 0 Å². The van der Waals surface area contributed by atoms with Crippen molar-refractivity contribution in [3.63, 3.8) is 0 Å². The molecular formula is C15H15N5O4S3. The molecule has 0 spiro atoms. The first-order valence-corrected chi connectivity index (χ1v) is 10.6. The van der Waals surface area contributed by atoms with Crippen molar-refractivity contribution in [2.24, 2.45) is 0 Å². The maximum atomic E-state index is 12.4. The number of aromatic nitrogens is 2. The molecule has 3 amide bonds. The third-order valence-electron chi connectivity index (χ3n) is 3.76. The third kappa shape index (κ3) is 4.05. The Morgan fingerprint density at radius 2 is 2.26 bits per heavy atom. The Kier molecular flexibility index (Phi) is 5.93. The number of aliphatic carboxylic acids is 1. The summed E-state index contributed by atoms with van der Waals surface area (Å²) in [6.45, 7) is 1.89. The van der Waals surface area contributed by atoms with Gasteiger partial charge in [0.25, 0.3) is 5.91 Å². The highest BCUT2D eigenvalue weighted by molar-refractivity contribution is 8.01. The lowest BCUT2D eigenvalue weighted by molar-refractivity contribution is -0.148. The summed E-state index contributed by atoms with van der Waals surface area (Å²) in [5.41, 5.74) is 0.629. The van der Waals surface area contributed by atoms with Crippen LogP contribution < -0.4 is 10.6 Å². The summed E-state index contributed by atoms with van der Waals surface area (Å²) in [6, 6.07) is -1.33. The van der Waals surface area contributed by atoms with Crippen LogP contribution in [0.1, 0.15) is 5.01 Å². The third-order valence-corrected chi connectivity index (χ3v) is 7.16. The van der Waals surface area contributed by atoms with Crippen LogP contribution in [0.4, 0.5) is 4.79 Å². The Morgan fingerprint density at radius 3 is 2.89 bits per heavy atom. The Hall–Kier alpha value is -2.23. The first-order chi connectivity index (χ1) is 12.9. The highest BCUT2D eigenvalue weighted by Gasteiger charge is 2.54. The molecule has 142 valence electrons. The van der Waals surface area contributed by atoms with Crippen molar-refractivity contribution in [1.82, 2.24) is 25.7 Å². The number of hydrogen-bond acceptors (Lipinski definition) is 8. The summed E-state index contributed by atoms with van der Waals surface area (Å²) in [7, 11) is 0. The maximum absolute atomic E-state index is 12.4. The SMILES string of the molecule is C#CCNC(=O)NC1C(=O)N2C(C(=O)O)=C(CSc3nnc(C)s3)CS[C@@H]12. The maximum Gasteiger partial charge on any atom is 0.352 e. The number of thioether (sulfide) groups is 2. The fourth-order valence-corrected chi connectivity index (χ4v) is 5.90. The monoisotopic (exact) mass is 425 g/mol. The van der Waals surface area contributed by atoms with E-state index in [-0.39, 0.29) is 12.2 Å². The van der Waals surface area contributed by atoms with Gasteiger partial charge >= 0.3 is 12.0 Å². The number of rotatable bonds is 6. The van der Waals surface area contributed by atoms with E-state index in [0.717, 1.165) is 9.35 Å². The molecule has 1 aromatic rings. The number of nitrogens with one attached hydrogen (secondary N) is 2. The van der Waals surface area contributed by atoms with Gasteiger partial charge in [-0.15, -0.1) is 28.4 Å². The van der Waals surface area contributed by atoms with Crippen LogP contribution in [0.3, 0.4) is 0 Å². The van der Waals surface area contributed by atoms with Crippen molar-refractivity contribution < 1.29 is 19.5 Å². The fourth-order valence-electron chi connectivity index (χ4n) is 2.60. The van der Waals surface area contributed by atoms with Gasteiger partial charge in [0.05, 0.1) is 6.54 Å². The molecule has 2 aliphatic heterocycles. The van der Waals surface area contributed by atoms with Crippen LogP contribution in [0.2, 0.25) is 0 Å². The molecule has 27 heavy (non-hydrogen) atoms. The van der Waals surface area contributed by atoms with Crippen molar-refractivity contribution in [2.75, 3.05) is 18.1 Å². The van der Waals surface area contributed by atoms with Gasteiger partial charge in [0.15, 0.2) is 4.34 Å². The standard InChI is InChI=1S/C15H15N5O4S3/c1-3-4-16-14(24)17-9-11(21)20-10(13(22)23)8(5-25-12(9)20)6-26-15-19-18-7(2)27-15/h1,9,12H,4-6H2,2H3,(H,22,23)(H2,16,17,24)/t9?,12-/m0/s1. The number of carbonyl (C=O) groups excluding carboxylic acids is 2. The van der Waals surface area contributed by atoms with E-state index in [0.29, 0.717) is 17.1 Å². The van der Waals surface area contributed by atoms with Crippen molar-refractivity contribution in [3.05, 3.63) is 16.3 Å². The molecule has 0 aromatic carbocycles. The van der Waals surface area contributed by atoms with Gasteiger partial charge in [0.2, 0.25) is 0 Å². The van der Waals surface area contributed by atoms with Crippen LogP contribution in [-0.4, -0.2) is 67.6 Å². The first-order valence-electron chi connectivity index (χ1n) is 7.73. The number of amides is 3. The van der Waals surface area contributed by atoms with Gasteiger partial charge in [0, 0.05) is 11.5 Å². The van der Waals surface area contributed by atoms with Crippen molar-refractivity contribution in [3.8, 4) is 12.3 Å².